The molecule has 0 saturated heterocycles. The lowest BCUT2D eigenvalue weighted by atomic mass is 9.99. The van der Waals surface area contributed by atoms with E-state index in [1.807, 2.05) is 24.3 Å². The summed E-state index contributed by atoms with van der Waals surface area (Å²) >= 11 is 0. The molecule has 0 amide bonds. The number of hydrogen-bond acceptors (Lipinski definition) is 2. The van der Waals surface area contributed by atoms with Crippen LogP contribution in [0.3, 0.4) is 0 Å². The zero-order valence-electron chi connectivity index (χ0n) is 11.3. The summed E-state index contributed by atoms with van der Waals surface area (Å²) < 4.78 is 31.4. The molecule has 2 rings (SSSR count). The van der Waals surface area contributed by atoms with Crippen LogP contribution in [-0.4, -0.2) is 13.2 Å². The highest BCUT2D eigenvalue weighted by molar-refractivity contribution is 5.29. The predicted molar refractivity (Wildman–Crippen MR) is 74.7 cm³/mol. The molecule has 4 heteroatoms. The highest BCUT2D eigenvalue weighted by Crippen LogP contribution is 2.15. The maximum atomic E-state index is 13.1. The topological polar surface area (TPSA) is 35.2 Å². The largest absolute Gasteiger partial charge is 0.497 e. The monoisotopic (exact) mass is 277 g/mol. The maximum absolute atomic E-state index is 13.1. The van der Waals surface area contributed by atoms with Gasteiger partial charge in [0.05, 0.1) is 7.11 Å². The van der Waals surface area contributed by atoms with E-state index >= 15 is 0 Å². The lowest BCUT2D eigenvalue weighted by Crippen LogP contribution is -2.25. The Bertz CT molecular complexity index is 566. The Labute approximate surface area is 117 Å². The molecule has 2 N–H and O–H groups in total. The Kier molecular flexibility index (Phi) is 4.69. The average molecular weight is 277 g/mol. The summed E-state index contributed by atoms with van der Waals surface area (Å²) in [5, 5.41) is 0. The number of ether oxygens (including phenoxy) is 1. The van der Waals surface area contributed by atoms with E-state index in [4.69, 9.17) is 10.5 Å². The van der Waals surface area contributed by atoms with E-state index in [0.717, 1.165) is 17.4 Å². The van der Waals surface area contributed by atoms with Crippen molar-refractivity contribution in [1.82, 2.24) is 0 Å². The first-order valence-electron chi connectivity index (χ1n) is 6.40. The predicted octanol–water partition coefficient (Wildman–Crippen LogP) is 3.09. The molecule has 2 aromatic rings. The molecule has 2 nitrogen and oxygen atoms in total. The molecular formula is C16H17F2NO. The second-order valence-corrected chi connectivity index (χ2v) is 4.80. The van der Waals surface area contributed by atoms with Crippen molar-refractivity contribution in [3.05, 3.63) is 65.2 Å². The van der Waals surface area contributed by atoms with Crippen molar-refractivity contribution in [3.8, 4) is 5.75 Å². The third kappa shape index (κ3) is 4.03. The van der Waals surface area contributed by atoms with Crippen LogP contribution in [0.4, 0.5) is 8.78 Å². The molecule has 0 heterocycles. The van der Waals surface area contributed by atoms with Gasteiger partial charge in [0.15, 0.2) is 0 Å². The van der Waals surface area contributed by atoms with Crippen molar-refractivity contribution in [2.45, 2.75) is 18.9 Å². The Morgan fingerprint density at radius 3 is 2.30 bits per heavy atom. The molecule has 0 fully saturated rings. The Morgan fingerprint density at radius 2 is 1.65 bits per heavy atom. The van der Waals surface area contributed by atoms with E-state index in [9.17, 15) is 8.78 Å². The van der Waals surface area contributed by atoms with Crippen LogP contribution in [0, 0.1) is 11.6 Å². The summed E-state index contributed by atoms with van der Waals surface area (Å²) in [7, 11) is 1.61. The van der Waals surface area contributed by atoms with Crippen molar-refractivity contribution in [2.75, 3.05) is 7.11 Å². The molecule has 0 aliphatic carbocycles. The molecule has 1 unspecified atom stereocenters. The Balaban J connectivity index is 2.02. The van der Waals surface area contributed by atoms with Gasteiger partial charge in [-0.3, -0.25) is 0 Å². The number of nitrogens with two attached hydrogens (primary N) is 1. The molecule has 20 heavy (non-hydrogen) atoms. The lowest BCUT2D eigenvalue weighted by molar-refractivity contribution is 0.414. The first-order chi connectivity index (χ1) is 9.56. The summed E-state index contributed by atoms with van der Waals surface area (Å²) in [6.45, 7) is 0. The van der Waals surface area contributed by atoms with Crippen LogP contribution in [-0.2, 0) is 12.8 Å². The molecule has 0 aliphatic heterocycles. The van der Waals surface area contributed by atoms with Crippen molar-refractivity contribution in [1.29, 1.82) is 0 Å². The van der Waals surface area contributed by atoms with E-state index in [2.05, 4.69) is 0 Å². The van der Waals surface area contributed by atoms with Gasteiger partial charge in [0, 0.05) is 12.1 Å². The van der Waals surface area contributed by atoms with Gasteiger partial charge >= 0.3 is 0 Å². The van der Waals surface area contributed by atoms with Crippen LogP contribution in [0.5, 0.6) is 5.75 Å². The molecular weight excluding hydrogens is 260 g/mol. The van der Waals surface area contributed by atoms with Crippen molar-refractivity contribution in [2.24, 2.45) is 5.73 Å². The SMILES string of the molecule is COc1cccc(CC(N)Cc2cc(F)cc(F)c2)c1. The molecule has 0 radical (unpaired) electrons. The summed E-state index contributed by atoms with van der Waals surface area (Å²) in [5.74, 6) is -0.381. The first kappa shape index (κ1) is 14.5. The smallest absolute Gasteiger partial charge is 0.126 e. The van der Waals surface area contributed by atoms with E-state index in [1.165, 1.54) is 12.1 Å². The van der Waals surface area contributed by atoms with Crippen LogP contribution in [0.25, 0.3) is 0 Å². The highest BCUT2D eigenvalue weighted by atomic mass is 19.1. The van der Waals surface area contributed by atoms with Gasteiger partial charge in [0.25, 0.3) is 0 Å². The molecule has 106 valence electrons. The number of halogens is 2. The molecule has 1 atom stereocenters. The number of hydrogen-bond donors (Lipinski definition) is 1. The number of benzene rings is 2. The summed E-state index contributed by atoms with van der Waals surface area (Å²) in [6, 6.07) is 10.9. The highest BCUT2D eigenvalue weighted by Gasteiger charge is 2.08. The minimum Gasteiger partial charge on any atom is -0.497 e. The maximum Gasteiger partial charge on any atom is 0.126 e. The van der Waals surface area contributed by atoms with E-state index in [0.29, 0.717) is 18.4 Å². The zero-order valence-corrected chi connectivity index (χ0v) is 11.3. The van der Waals surface area contributed by atoms with E-state index in [1.54, 1.807) is 7.11 Å². The number of methoxy groups -OCH3 is 1. The second-order valence-electron chi connectivity index (χ2n) is 4.80. The third-order valence-electron chi connectivity index (χ3n) is 3.05. The molecule has 0 aromatic heterocycles. The van der Waals surface area contributed by atoms with Crippen LogP contribution < -0.4 is 10.5 Å². The van der Waals surface area contributed by atoms with E-state index < -0.39 is 11.6 Å². The van der Waals surface area contributed by atoms with Crippen LogP contribution in [0.2, 0.25) is 0 Å². The zero-order chi connectivity index (χ0) is 14.5. The van der Waals surface area contributed by atoms with Crippen molar-refractivity contribution < 1.29 is 13.5 Å². The van der Waals surface area contributed by atoms with Gasteiger partial charge in [-0.05, 0) is 48.2 Å². The van der Waals surface area contributed by atoms with Crippen molar-refractivity contribution >= 4 is 0 Å². The van der Waals surface area contributed by atoms with E-state index in [-0.39, 0.29) is 6.04 Å². The average Bonchev–Trinajstić information content (AvgIpc) is 2.37. The second kappa shape index (κ2) is 6.48. The summed E-state index contributed by atoms with van der Waals surface area (Å²) in [5.41, 5.74) is 7.65. The van der Waals surface area contributed by atoms with Gasteiger partial charge in [0.1, 0.15) is 17.4 Å². The molecule has 0 spiro atoms. The third-order valence-corrected chi connectivity index (χ3v) is 3.05. The van der Waals surface area contributed by atoms with Crippen molar-refractivity contribution in [3.63, 3.8) is 0 Å². The number of rotatable bonds is 5. The molecule has 0 aliphatic rings. The molecule has 0 saturated carbocycles. The summed E-state index contributed by atoms with van der Waals surface area (Å²) in [6.07, 6.45) is 1.04. The van der Waals surface area contributed by atoms with Gasteiger partial charge < -0.3 is 10.5 Å². The minimum atomic E-state index is -0.575. The summed E-state index contributed by atoms with van der Waals surface area (Å²) in [4.78, 5) is 0. The Morgan fingerprint density at radius 1 is 1.00 bits per heavy atom. The lowest BCUT2D eigenvalue weighted by Gasteiger charge is -2.12. The molecule has 2 aromatic carbocycles. The molecule has 0 bridgehead atoms. The minimum absolute atomic E-state index is 0.205. The quantitative estimate of drug-likeness (QED) is 0.911. The normalized spacial score (nSPS) is 12.2. The van der Waals surface area contributed by atoms with Gasteiger partial charge in [-0.25, -0.2) is 8.78 Å². The van der Waals surface area contributed by atoms with Gasteiger partial charge in [-0.2, -0.15) is 0 Å². The van der Waals surface area contributed by atoms with Gasteiger partial charge in [0.2, 0.25) is 0 Å². The fraction of sp³-hybridized carbons (Fsp3) is 0.250. The fourth-order valence-corrected chi connectivity index (χ4v) is 2.21. The van der Waals surface area contributed by atoms with Crippen LogP contribution in [0.15, 0.2) is 42.5 Å². The van der Waals surface area contributed by atoms with Gasteiger partial charge in [-0.15, -0.1) is 0 Å². The van der Waals surface area contributed by atoms with Gasteiger partial charge in [-0.1, -0.05) is 12.1 Å². The van der Waals surface area contributed by atoms with Crippen LogP contribution in [0.1, 0.15) is 11.1 Å². The van der Waals surface area contributed by atoms with Crippen LogP contribution >= 0.6 is 0 Å². The first-order valence-corrected chi connectivity index (χ1v) is 6.40. The fourth-order valence-electron chi connectivity index (χ4n) is 2.21. The Hall–Kier alpha value is -1.94. The standard InChI is InChI=1S/C16H17F2NO/c1-20-16-4-2-3-11(9-16)7-15(19)8-12-5-13(17)10-14(18)6-12/h2-6,9-10,15H,7-8,19H2,1H3.